The van der Waals surface area contributed by atoms with Crippen LogP contribution in [-0.2, 0) is 10.5 Å². The standard InChI is InChI=1S/C28H25ClN4O3S/c29-21-9-6-18(7-10-21)17-37-28-31-24-16-20(26(35)32-14-12-19(13-15-32)25(30)34)8-11-23(24)27(36)33(28)22-4-2-1-3-5-22/h1-11,16,19H,12-15,17H2,(H2,30,34). The molecule has 2 N–H and O–H groups in total. The van der Waals surface area contributed by atoms with Gasteiger partial charge in [-0.25, -0.2) is 4.98 Å². The van der Waals surface area contributed by atoms with Crippen LogP contribution >= 0.6 is 23.4 Å². The van der Waals surface area contributed by atoms with Crippen LogP contribution in [0.2, 0.25) is 5.02 Å². The van der Waals surface area contributed by atoms with Crippen molar-refractivity contribution >= 4 is 46.1 Å². The van der Waals surface area contributed by atoms with Gasteiger partial charge in [0.05, 0.1) is 16.6 Å². The van der Waals surface area contributed by atoms with Gasteiger partial charge in [-0.3, -0.25) is 19.0 Å². The van der Waals surface area contributed by atoms with Crippen molar-refractivity contribution in [3.63, 3.8) is 0 Å². The number of para-hydroxylation sites is 1. The lowest BCUT2D eigenvalue weighted by molar-refractivity contribution is -0.123. The first-order valence-corrected chi connectivity index (χ1v) is 13.3. The third-order valence-electron chi connectivity index (χ3n) is 6.57. The second-order valence-electron chi connectivity index (χ2n) is 8.99. The number of nitrogens with zero attached hydrogens (tertiary/aromatic N) is 3. The van der Waals surface area contributed by atoms with Gasteiger partial charge in [-0.15, -0.1) is 0 Å². The number of likely N-dealkylation sites (tertiary alicyclic amines) is 1. The van der Waals surface area contributed by atoms with E-state index in [2.05, 4.69) is 0 Å². The number of piperidine rings is 1. The van der Waals surface area contributed by atoms with Gasteiger partial charge in [-0.2, -0.15) is 0 Å². The van der Waals surface area contributed by atoms with Crippen LogP contribution in [-0.4, -0.2) is 39.4 Å². The number of primary amides is 1. The van der Waals surface area contributed by atoms with E-state index >= 15 is 0 Å². The van der Waals surface area contributed by atoms with Crippen LogP contribution in [0.1, 0.15) is 28.8 Å². The number of hydrogen-bond acceptors (Lipinski definition) is 5. The fourth-order valence-corrected chi connectivity index (χ4v) is 5.57. The van der Waals surface area contributed by atoms with Gasteiger partial charge < -0.3 is 10.6 Å². The van der Waals surface area contributed by atoms with Gasteiger partial charge in [-0.1, -0.05) is 53.7 Å². The second kappa shape index (κ2) is 10.8. The van der Waals surface area contributed by atoms with E-state index in [1.54, 1.807) is 27.7 Å². The van der Waals surface area contributed by atoms with Crippen LogP contribution in [0.4, 0.5) is 0 Å². The summed E-state index contributed by atoms with van der Waals surface area (Å²) < 4.78 is 1.61. The smallest absolute Gasteiger partial charge is 0.266 e. The molecule has 9 heteroatoms. The number of rotatable bonds is 6. The number of hydrogen-bond donors (Lipinski definition) is 1. The van der Waals surface area contributed by atoms with Gasteiger partial charge in [0.15, 0.2) is 5.16 Å². The normalized spacial score (nSPS) is 14.1. The Bertz CT molecular complexity index is 1510. The van der Waals surface area contributed by atoms with Crippen LogP contribution in [0, 0.1) is 5.92 Å². The van der Waals surface area contributed by atoms with Crippen molar-refractivity contribution in [2.75, 3.05) is 13.1 Å². The summed E-state index contributed by atoms with van der Waals surface area (Å²) in [5.41, 5.74) is 7.92. The number of amides is 2. The minimum atomic E-state index is -0.319. The molecular weight excluding hydrogens is 508 g/mol. The molecule has 2 heterocycles. The lowest BCUT2D eigenvalue weighted by Crippen LogP contribution is -2.41. The Hall–Kier alpha value is -3.62. The maximum atomic E-state index is 13.6. The van der Waals surface area contributed by atoms with Crippen molar-refractivity contribution in [3.8, 4) is 5.69 Å². The van der Waals surface area contributed by atoms with Crippen molar-refractivity contribution in [3.05, 3.63) is 99.3 Å². The van der Waals surface area contributed by atoms with E-state index in [9.17, 15) is 14.4 Å². The average Bonchev–Trinajstić information content (AvgIpc) is 2.92. The summed E-state index contributed by atoms with van der Waals surface area (Å²) in [6.07, 6.45) is 1.11. The van der Waals surface area contributed by atoms with E-state index in [0.717, 1.165) is 11.3 Å². The van der Waals surface area contributed by atoms with E-state index in [1.807, 2.05) is 54.6 Å². The molecule has 4 aromatic rings. The molecule has 37 heavy (non-hydrogen) atoms. The fourth-order valence-electron chi connectivity index (χ4n) is 4.48. The molecular formula is C28H25ClN4O3S. The van der Waals surface area contributed by atoms with Crippen LogP contribution in [0.3, 0.4) is 0 Å². The molecule has 5 rings (SSSR count). The van der Waals surface area contributed by atoms with E-state index in [4.69, 9.17) is 22.3 Å². The number of nitrogens with two attached hydrogens (primary N) is 1. The summed E-state index contributed by atoms with van der Waals surface area (Å²) in [7, 11) is 0. The van der Waals surface area contributed by atoms with Gasteiger partial charge in [0, 0.05) is 35.3 Å². The van der Waals surface area contributed by atoms with Crippen LogP contribution < -0.4 is 11.3 Å². The van der Waals surface area contributed by atoms with Gasteiger partial charge in [-0.05, 0) is 60.9 Å². The first-order valence-electron chi connectivity index (χ1n) is 12.0. The number of thioether (sulfide) groups is 1. The Morgan fingerprint density at radius 2 is 1.70 bits per heavy atom. The predicted molar refractivity (Wildman–Crippen MR) is 146 cm³/mol. The number of benzene rings is 3. The second-order valence-corrected chi connectivity index (χ2v) is 10.4. The molecule has 0 radical (unpaired) electrons. The Balaban J connectivity index is 1.50. The Morgan fingerprint density at radius 3 is 2.38 bits per heavy atom. The van der Waals surface area contributed by atoms with Gasteiger partial charge in [0.25, 0.3) is 11.5 Å². The molecule has 1 saturated heterocycles. The Labute approximate surface area is 223 Å². The summed E-state index contributed by atoms with van der Waals surface area (Å²) in [5, 5.41) is 1.63. The quantitative estimate of drug-likeness (QED) is 0.287. The minimum absolute atomic E-state index is 0.144. The zero-order valence-corrected chi connectivity index (χ0v) is 21.5. The number of carbonyl (C=O) groups is 2. The maximum absolute atomic E-state index is 13.6. The molecule has 0 bridgehead atoms. The van der Waals surface area contributed by atoms with Crippen LogP contribution in [0.15, 0.2) is 82.7 Å². The SMILES string of the molecule is NC(=O)C1CCN(C(=O)c2ccc3c(=O)n(-c4ccccc4)c(SCc4ccc(Cl)cc4)nc3c2)CC1. The number of fused-ring (bicyclic) bond motifs is 1. The van der Waals surface area contributed by atoms with Crippen molar-refractivity contribution in [1.29, 1.82) is 0 Å². The van der Waals surface area contributed by atoms with E-state index in [-0.39, 0.29) is 23.3 Å². The van der Waals surface area contributed by atoms with Gasteiger partial charge >= 0.3 is 0 Å². The third-order valence-corrected chi connectivity index (χ3v) is 7.83. The third kappa shape index (κ3) is 5.40. The molecule has 1 aromatic heterocycles. The summed E-state index contributed by atoms with van der Waals surface area (Å²) in [5.74, 6) is -0.0661. The first-order chi connectivity index (χ1) is 17.9. The molecule has 0 atom stereocenters. The molecule has 1 fully saturated rings. The highest BCUT2D eigenvalue weighted by Crippen LogP contribution is 2.26. The summed E-state index contributed by atoms with van der Waals surface area (Å²) in [6.45, 7) is 0.936. The molecule has 0 aliphatic carbocycles. The number of halogens is 1. The summed E-state index contributed by atoms with van der Waals surface area (Å²) in [4.78, 5) is 44.9. The lowest BCUT2D eigenvalue weighted by Gasteiger charge is -2.30. The van der Waals surface area contributed by atoms with Crippen LogP contribution in [0.5, 0.6) is 0 Å². The molecule has 0 unspecified atom stereocenters. The Morgan fingerprint density at radius 1 is 1.00 bits per heavy atom. The zero-order chi connectivity index (χ0) is 25.9. The molecule has 0 saturated carbocycles. The molecule has 188 valence electrons. The minimum Gasteiger partial charge on any atom is -0.369 e. The Kier molecular flexibility index (Phi) is 7.30. The highest BCUT2D eigenvalue weighted by molar-refractivity contribution is 7.98. The predicted octanol–water partition coefficient (Wildman–Crippen LogP) is 4.67. The van der Waals surface area contributed by atoms with E-state index in [1.165, 1.54) is 11.8 Å². The zero-order valence-electron chi connectivity index (χ0n) is 20.0. The average molecular weight is 533 g/mol. The number of carbonyl (C=O) groups excluding carboxylic acids is 2. The van der Waals surface area contributed by atoms with Gasteiger partial charge in [0.2, 0.25) is 5.91 Å². The van der Waals surface area contributed by atoms with Gasteiger partial charge in [0.1, 0.15) is 0 Å². The highest BCUT2D eigenvalue weighted by atomic mass is 35.5. The monoisotopic (exact) mass is 532 g/mol. The highest BCUT2D eigenvalue weighted by Gasteiger charge is 2.27. The van der Waals surface area contributed by atoms with E-state index in [0.29, 0.717) is 58.3 Å². The van der Waals surface area contributed by atoms with Crippen LogP contribution in [0.25, 0.3) is 16.6 Å². The molecule has 1 aliphatic heterocycles. The first kappa shape index (κ1) is 25.0. The summed E-state index contributed by atoms with van der Waals surface area (Å²) in [6, 6.07) is 22.0. The largest absolute Gasteiger partial charge is 0.369 e. The topological polar surface area (TPSA) is 98.3 Å². The number of aromatic nitrogens is 2. The van der Waals surface area contributed by atoms with Crippen molar-refractivity contribution in [2.24, 2.45) is 11.7 Å². The molecule has 0 spiro atoms. The van der Waals surface area contributed by atoms with Crippen molar-refractivity contribution in [2.45, 2.75) is 23.8 Å². The summed E-state index contributed by atoms with van der Waals surface area (Å²) >= 11 is 7.47. The molecule has 3 aromatic carbocycles. The van der Waals surface area contributed by atoms with Crippen molar-refractivity contribution in [1.82, 2.24) is 14.5 Å². The van der Waals surface area contributed by atoms with Crippen molar-refractivity contribution < 1.29 is 9.59 Å². The molecule has 7 nitrogen and oxygen atoms in total. The molecule has 1 aliphatic rings. The fraction of sp³-hybridized carbons (Fsp3) is 0.214. The maximum Gasteiger partial charge on any atom is 0.266 e. The van der Waals surface area contributed by atoms with E-state index < -0.39 is 0 Å². The molecule has 2 amide bonds. The lowest BCUT2D eigenvalue weighted by atomic mass is 9.96.